The van der Waals surface area contributed by atoms with E-state index in [2.05, 4.69) is 35.1 Å². The Hall–Kier alpha value is -2.83. The van der Waals surface area contributed by atoms with Crippen LogP contribution in [0.2, 0.25) is 0 Å². The van der Waals surface area contributed by atoms with Crippen molar-refractivity contribution < 1.29 is 13.2 Å². The highest BCUT2D eigenvalue weighted by Gasteiger charge is 2.59. The van der Waals surface area contributed by atoms with Crippen molar-refractivity contribution in [2.75, 3.05) is 10.8 Å². The van der Waals surface area contributed by atoms with Gasteiger partial charge < -0.3 is 4.74 Å². The van der Waals surface area contributed by atoms with Crippen LogP contribution in [-0.2, 0) is 29.7 Å². The molecule has 2 aliphatic carbocycles. The van der Waals surface area contributed by atoms with E-state index in [1.54, 1.807) is 4.31 Å². The second-order valence-corrected chi connectivity index (χ2v) is 11.2. The van der Waals surface area contributed by atoms with Gasteiger partial charge in [0.05, 0.1) is 17.8 Å². The molecule has 170 valence electrons. The predicted octanol–water partition coefficient (Wildman–Crippen LogP) is 4.48. The Kier molecular flexibility index (Phi) is 4.96. The molecule has 3 atom stereocenters. The first-order chi connectivity index (χ1) is 16.0. The maximum absolute atomic E-state index is 13.2. The Morgan fingerprint density at radius 2 is 1.55 bits per heavy atom. The minimum absolute atomic E-state index is 0.275. The molecule has 1 aliphatic heterocycles. The molecule has 33 heavy (non-hydrogen) atoms. The number of benzene rings is 3. The zero-order valence-corrected chi connectivity index (χ0v) is 19.3. The summed E-state index contributed by atoms with van der Waals surface area (Å²) in [4.78, 5) is 0. The molecule has 3 aliphatic rings. The summed E-state index contributed by atoms with van der Waals surface area (Å²) in [6, 6.07) is 26.1. The van der Waals surface area contributed by atoms with Crippen LogP contribution >= 0.6 is 0 Å². The van der Waals surface area contributed by atoms with E-state index in [1.807, 2.05) is 48.5 Å². The Morgan fingerprint density at radius 3 is 2.27 bits per heavy atom. The maximum atomic E-state index is 13.2. The second kappa shape index (κ2) is 7.89. The number of rotatable bonds is 4. The van der Waals surface area contributed by atoms with E-state index in [1.165, 1.54) is 11.1 Å². The third-order valence-electron chi connectivity index (χ3n) is 7.74. The summed E-state index contributed by atoms with van der Waals surface area (Å²) < 4.78 is 37.2. The highest BCUT2D eigenvalue weighted by molar-refractivity contribution is 7.91. The molecule has 1 spiro atoms. The van der Waals surface area contributed by atoms with Gasteiger partial charge in [-0.2, -0.15) is 13.1 Å². The summed E-state index contributed by atoms with van der Waals surface area (Å²) in [6.45, 7) is 1.04. The number of nitrogens with one attached hydrogen (secondary N) is 1. The standard InChI is InChI=1S/C27H28N2O3S/c30-33(31)28-27(19-29(33)25-9-5-2-6-10-25)23-12-13-24(27)16-22-17-26(14-11-21(22)15-23)32-18-20-7-3-1-4-8-20/h1-11,14,17,23-24,28H,12-13,15-16,18-19H2/t23-,24+,27+/m0/s1. The number of para-hydroxylation sites is 1. The van der Waals surface area contributed by atoms with Gasteiger partial charge in [-0.05, 0) is 78.5 Å². The number of ether oxygens (including phenoxy) is 1. The maximum Gasteiger partial charge on any atom is 0.302 e. The van der Waals surface area contributed by atoms with Gasteiger partial charge in [0.15, 0.2) is 0 Å². The van der Waals surface area contributed by atoms with Gasteiger partial charge in [0.1, 0.15) is 12.4 Å². The lowest BCUT2D eigenvalue weighted by atomic mass is 9.79. The molecule has 1 saturated carbocycles. The molecule has 2 bridgehead atoms. The van der Waals surface area contributed by atoms with E-state index in [-0.39, 0.29) is 5.92 Å². The monoisotopic (exact) mass is 460 g/mol. The fraction of sp³-hybridized carbons (Fsp3) is 0.333. The topological polar surface area (TPSA) is 58.6 Å². The van der Waals surface area contributed by atoms with Crippen molar-refractivity contribution in [3.05, 3.63) is 95.6 Å². The van der Waals surface area contributed by atoms with Gasteiger partial charge in [0, 0.05) is 0 Å². The average Bonchev–Trinajstić information content (AvgIpc) is 3.24. The summed E-state index contributed by atoms with van der Waals surface area (Å²) in [6.07, 6.45) is 3.88. The Labute approximate surface area is 195 Å². The van der Waals surface area contributed by atoms with Gasteiger partial charge in [-0.1, -0.05) is 54.6 Å². The van der Waals surface area contributed by atoms with E-state index in [0.29, 0.717) is 19.1 Å². The molecular formula is C27H28N2O3S. The Morgan fingerprint density at radius 1 is 0.879 bits per heavy atom. The van der Waals surface area contributed by atoms with Crippen molar-refractivity contribution >= 4 is 15.9 Å². The molecule has 0 unspecified atom stereocenters. The van der Waals surface area contributed by atoms with Crippen LogP contribution in [-0.4, -0.2) is 20.5 Å². The van der Waals surface area contributed by atoms with E-state index in [4.69, 9.17) is 4.74 Å². The molecule has 0 radical (unpaired) electrons. The summed E-state index contributed by atoms with van der Waals surface area (Å²) in [5.41, 5.74) is 4.08. The van der Waals surface area contributed by atoms with E-state index in [0.717, 1.165) is 42.7 Å². The van der Waals surface area contributed by atoms with Crippen LogP contribution in [0.1, 0.15) is 29.5 Å². The van der Waals surface area contributed by atoms with Crippen molar-refractivity contribution in [3.8, 4) is 5.75 Å². The Bertz CT molecular complexity index is 1260. The fourth-order valence-electron chi connectivity index (χ4n) is 6.07. The van der Waals surface area contributed by atoms with Crippen LogP contribution in [0.5, 0.6) is 5.75 Å². The summed E-state index contributed by atoms with van der Waals surface area (Å²) >= 11 is 0. The minimum atomic E-state index is -3.57. The van der Waals surface area contributed by atoms with Crippen molar-refractivity contribution in [1.29, 1.82) is 0 Å². The zero-order chi connectivity index (χ0) is 22.5. The van der Waals surface area contributed by atoms with Crippen molar-refractivity contribution in [2.45, 2.75) is 37.8 Å². The molecule has 6 heteroatoms. The van der Waals surface area contributed by atoms with Crippen LogP contribution in [0.15, 0.2) is 78.9 Å². The third kappa shape index (κ3) is 3.62. The molecule has 0 aromatic heterocycles. The first-order valence-corrected chi connectivity index (χ1v) is 13.1. The van der Waals surface area contributed by atoms with E-state index in [9.17, 15) is 8.42 Å². The highest BCUT2D eigenvalue weighted by atomic mass is 32.2. The smallest absolute Gasteiger partial charge is 0.302 e. The molecule has 1 N–H and O–H groups in total. The molecule has 2 fully saturated rings. The molecule has 1 heterocycles. The van der Waals surface area contributed by atoms with Crippen molar-refractivity contribution in [3.63, 3.8) is 0 Å². The minimum Gasteiger partial charge on any atom is -0.489 e. The number of nitrogens with zero attached hydrogens (tertiary/aromatic N) is 1. The van der Waals surface area contributed by atoms with Gasteiger partial charge in [0.2, 0.25) is 0 Å². The van der Waals surface area contributed by atoms with E-state index >= 15 is 0 Å². The van der Waals surface area contributed by atoms with Crippen LogP contribution in [0.3, 0.4) is 0 Å². The molecular weight excluding hydrogens is 432 g/mol. The lowest BCUT2D eigenvalue weighted by molar-refractivity contribution is 0.249. The van der Waals surface area contributed by atoms with Gasteiger partial charge >= 0.3 is 10.2 Å². The van der Waals surface area contributed by atoms with Crippen LogP contribution in [0.25, 0.3) is 0 Å². The van der Waals surface area contributed by atoms with Gasteiger partial charge in [0.25, 0.3) is 0 Å². The molecule has 0 amide bonds. The summed E-state index contributed by atoms with van der Waals surface area (Å²) in [7, 11) is -3.57. The lowest BCUT2D eigenvalue weighted by Crippen LogP contribution is -2.52. The Balaban J connectivity index is 1.27. The quantitative estimate of drug-likeness (QED) is 0.624. The third-order valence-corrected chi connectivity index (χ3v) is 9.30. The molecule has 3 aromatic rings. The van der Waals surface area contributed by atoms with Crippen LogP contribution in [0.4, 0.5) is 5.69 Å². The number of hydrogen-bond acceptors (Lipinski definition) is 3. The number of anilines is 1. The number of hydrogen-bond donors (Lipinski definition) is 1. The molecule has 1 saturated heterocycles. The van der Waals surface area contributed by atoms with Gasteiger partial charge in [-0.25, -0.2) is 0 Å². The molecule has 6 rings (SSSR count). The van der Waals surface area contributed by atoms with Crippen molar-refractivity contribution in [2.24, 2.45) is 11.8 Å². The van der Waals surface area contributed by atoms with Crippen LogP contribution in [0, 0.1) is 11.8 Å². The second-order valence-electron chi connectivity index (χ2n) is 9.57. The predicted molar refractivity (Wildman–Crippen MR) is 129 cm³/mol. The number of fused-ring (bicyclic) bond motifs is 1. The first kappa shape index (κ1) is 20.8. The summed E-state index contributed by atoms with van der Waals surface area (Å²) in [5.74, 6) is 1.45. The molecule has 3 aromatic carbocycles. The average molecular weight is 461 g/mol. The van der Waals surface area contributed by atoms with E-state index < -0.39 is 15.7 Å². The van der Waals surface area contributed by atoms with Crippen molar-refractivity contribution in [1.82, 2.24) is 4.72 Å². The normalized spacial score (nSPS) is 27.3. The van der Waals surface area contributed by atoms with Gasteiger partial charge in [-0.3, -0.25) is 4.31 Å². The fourth-order valence-corrected chi connectivity index (χ4v) is 7.84. The zero-order valence-electron chi connectivity index (χ0n) is 18.5. The first-order valence-electron chi connectivity index (χ1n) is 11.7. The van der Waals surface area contributed by atoms with Crippen LogP contribution < -0.4 is 13.8 Å². The largest absolute Gasteiger partial charge is 0.489 e. The SMILES string of the molecule is O=S1(=O)N[C@@]2(CN1c1ccccc1)[C@@H]1CC[C@H]2Cc2ccc(OCc3ccccc3)cc2C1. The highest BCUT2D eigenvalue weighted by Crippen LogP contribution is 2.51. The summed E-state index contributed by atoms with van der Waals surface area (Å²) in [5, 5.41) is 0. The van der Waals surface area contributed by atoms with Gasteiger partial charge in [-0.15, -0.1) is 0 Å². The molecule has 5 nitrogen and oxygen atoms in total. The lowest BCUT2D eigenvalue weighted by Gasteiger charge is -2.33.